The van der Waals surface area contributed by atoms with Gasteiger partial charge in [-0.05, 0) is 47.8 Å². The molecule has 0 aliphatic heterocycles. The molecular weight excluding hydrogens is 316 g/mol. The molecule has 4 rings (SSSR count). The Morgan fingerprint density at radius 2 is 1.58 bits per heavy atom. The molecular formula is C22H25ClO. The first-order valence-electron chi connectivity index (χ1n) is 8.88. The molecule has 0 aromatic heterocycles. The smallest absolute Gasteiger partial charge is 0.0963 e. The van der Waals surface area contributed by atoms with Gasteiger partial charge in [0.2, 0.25) is 0 Å². The van der Waals surface area contributed by atoms with Crippen molar-refractivity contribution in [3.8, 4) is 11.1 Å². The van der Waals surface area contributed by atoms with E-state index in [1.165, 1.54) is 6.42 Å². The average molecular weight is 341 g/mol. The van der Waals surface area contributed by atoms with E-state index < -0.39 is 5.60 Å². The van der Waals surface area contributed by atoms with Gasteiger partial charge in [-0.3, -0.25) is 0 Å². The van der Waals surface area contributed by atoms with E-state index in [2.05, 4.69) is 32.9 Å². The summed E-state index contributed by atoms with van der Waals surface area (Å²) in [7, 11) is 0. The summed E-state index contributed by atoms with van der Waals surface area (Å²) in [5.41, 5.74) is 2.35. The molecule has 2 aliphatic rings. The Balaban J connectivity index is 1.92. The van der Waals surface area contributed by atoms with Gasteiger partial charge in [0.05, 0.1) is 5.60 Å². The molecule has 3 atom stereocenters. The van der Waals surface area contributed by atoms with Crippen molar-refractivity contribution in [1.29, 1.82) is 0 Å². The largest absolute Gasteiger partial charge is 0.385 e. The zero-order chi connectivity index (χ0) is 17.2. The lowest BCUT2D eigenvalue weighted by Gasteiger charge is -2.46. The lowest BCUT2D eigenvalue weighted by Crippen LogP contribution is -2.45. The average Bonchev–Trinajstić information content (AvgIpc) is 2.87. The van der Waals surface area contributed by atoms with Crippen LogP contribution >= 0.6 is 11.6 Å². The highest BCUT2D eigenvalue weighted by Crippen LogP contribution is 2.73. The first-order valence-corrected chi connectivity index (χ1v) is 9.26. The highest BCUT2D eigenvalue weighted by Gasteiger charge is 2.69. The van der Waals surface area contributed by atoms with E-state index in [-0.39, 0.29) is 10.8 Å². The summed E-state index contributed by atoms with van der Waals surface area (Å²) >= 11 is 6.47. The van der Waals surface area contributed by atoms with Crippen molar-refractivity contribution in [3.05, 3.63) is 59.1 Å². The van der Waals surface area contributed by atoms with Crippen molar-refractivity contribution in [2.45, 2.75) is 45.6 Å². The van der Waals surface area contributed by atoms with Crippen LogP contribution in [0, 0.1) is 16.7 Å². The maximum atomic E-state index is 11.9. The second-order valence-corrected chi connectivity index (χ2v) is 8.79. The molecule has 1 N–H and O–H groups in total. The molecule has 1 nitrogen and oxygen atoms in total. The fraction of sp³-hybridized carbons (Fsp3) is 0.455. The zero-order valence-corrected chi connectivity index (χ0v) is 15.4. The minimum atomic E-state index is -0.796. The van der Waals surface area contributed by atoms with Gasteiger partial charge in [0.1, 0.15) is 0 Å². The molecule has 2 saturated carbocycles. The molecule has 0 radical (unpaired) electrons. The van der Waals surface area contributed by atoms with Crippen LogP contribution in [0.1, 0.15) is 45.6 Å². The summed E-state index contributed by atoms with van der Waals surface area (Å²) in [6, 6.07) is 16.2. The van der Waals surface area contributed by atoms with Gasteiger partial charge in [-0.2, -0.15) is 0 Å². The molecule has 24 heavy (non-hydrogen) atoms. The Kier molecular flexibility index (Phi) is 3.43. The molecule has 0 amide bonds. The normalized spacial score (nSPS) is 33.8. The van der Waals surface area contributed by atoms with Crippen molar-refractivity contribution in [2.24, 2.45) is 16.7 Å². The van der Waals surface area contributed by atoms with E-state index in [1.54, 1.807) is 0 Å². The fourth-order valence-corrected chi connectivity index (χ4v) is 5.68. The molecule has 2 aliphatic carbocycles. The lowest BCUT2D eigenvalue weighted by atomic mass is 9.61. The summed E-state index contributed by atoms with van der Waals surface area (Å²) in [6.45, 7) is 6.95. The number of fused-ring (bicyclic) bond motifs is 2. The van der Waals surface area contributed by atoms with Gasteiger partial charge in [-0.1, -0.05) is 74.8 Å². The van der Waals surface area contributed by atoms with Crippen LogP contribution in [-0.4, -0.2) is 5.11 Å². The fourth-order valence-electron chi connectivity index (χ4n) is 5.44. The van der Waals surface area contributed by atoms with Crippen molar-refractivity contribution >= 4 is 11.6 Å². The standard InChI is InChI=1S/C22H25ClO/c1-20(2)15-12-13-21(20,3)22(24,14-15)18-10-6-4-8-16(18)17-9-5-7-11-19(17)23/h4-11,15,24H,12-14H2,1-3H3. The van der Waals surface area contributed by atoms with E-state index in [4.69, 9.17) is 11.6 Å². The van der Waals surface area contributed by atoms with Crippen LogP contribution in [0.5, 0.6) is 0 Å². The third-order valence-corrected chi connectivity index (χ3v) is 7.76. The number of rotatable bonds is 2. The van der Waals surface area contributed by atoms with E-state index >= 15 is 0 Å². The highest BCUT2D eigenvalue weighted by atomic mass is 35.5. The maximum Gasteiger partial charge on any atom is 0.0963 e. The van der Waals surface area contributed by atoms with Crippen LogP contribution in [0.4, 0.5) is 0 Å². The van der Waals surface area contributed by atoms with Crippen LogP contribution in [-0.2, 0) is 5.60 Å². The van der Waals surface area contributed by atoms with Gasteiger partial charge in [-0.15, -0.1) is 0 Å². The van der Waals surface area contributed by atoms with E-state index in [9.17, 15) is 5.11 Å². The molecule has 0 spiro atoms. The summed E-state index contributed by atoms with van der Waals surface area (Å²) in [6.07, 6.45) is 3.15. The van der Waals surface area contributed by atoms with Crippen molar-refractivity contribution < 1.29 is 5.11 Å². The van der Waals surface area contributed by atoms with Gasteiger partial charge >= 0.3 is 0 Å². The molecule has 2 bridgehead atoms. The van der Waals surface area contributed by atoms with E-state index in [0.29, 0.717) is 5.92 Å². The van der Waals surface area contributed by atoms with Crippen LogP contribution in [0.3, 0.4) is 0 Å². The quantitative estimate of drug-likeness (QED) is 0.706. The Morgan fingerprint density at radius 1 is 0.958 bits per heavy atom. The minimum absolute atomic E-state index is 0.109. The maximum absolute atomic E-state index is 11.9. The summed E-state index contributed by atoms with van der Waals surface area (Å²) in [5, 5.41) is 12.7. The molecule has 0 heterocycles. The molecule has 2 fully saturated rings. The van der Waals surface area contributed by atoms with E-state index in [0.717, 1.165) is 34.6 Å². The van der Waals surface area contributed by atoms with Crippen LogP contribution in [0.15, 0.2) is 48.5 Å². The molecule has 126 valence electrons. The summed E-state index contributed by atoms with van der Waals surface area (Å²) in [5.74, 6) is 0.576. The monoisotopic (exact) mass is 340 g/mol. The Labute approximate surface area is 149 Å². The third kappa shape index (κ3) is 1.86. The van der Waals surface area contributed by atoms with Crippen LogP contribution in [0.25, 0.3) is 11.1 Å². The van der Waals surface area contributed by atoms with Crippen molar-refractivity contribution in [3.63, 3.8) is 0 Å². The molecule has 2 aromatic carbocycles. The Hall–Kier alpha value is -1.31. The minimum Gasteiger partial charge on any atom is -0.385 e. The summed E-state index contributed by atoms with van der Waals surface area (Å²) < 4.78 is 0. The highest BCUT2D eigenvalue weighted by molar-refractivity contribution is 6.33. The molecule has 2 aromatic rings. The molecule has 3 unspecified atom stereocenters. The molecule has 0 saturated heterocycles. The van der Waals surface area contributed by atoms with Gasteiger partial charge < -0.3 is 5.11 Å². The van der Waals surface area contributed by atoms with Crippen molar-refractivity contribution in [1.82, 2.24) is 0 Å². The first kappa shape index (κ1) is 16.2. The topological polar surface area (TPSA) is 20.2 Å². The van der Waals surface area contributed by atoms with Crippen LogP contribution in [0.2, 0.25) is 5.02 Å². The van der Waals surface area contributed by atoms with Gasteiger partial charge in [0, 0.05) is 16.0 Å². The number of hydrogen-bond acceptors (Lipinski definition) is 1. The predicted molar refractivity (Wildman–Crippen MR) is 100 cm³/mol. The lowest BCUT2D eigenvalue weighted by molar-refractivity contribution is -0.0953. The second kappa shape index (κ2) is 5.09. The van der Waals surface area contributed by atoms with Gasteiger partial charge in [-0.25, -0.2) is 0 Å². The SMILES string of the molecule is CC1(C)C2CCC1(C)C(O)(c1ccccc1-c1ccccc1Cl)C2. The summed E-state index contributed by atoms with van der Waals surface area (Å²) in [4.78, 5) is 0. The molecule has 2 heteroatoms. The number of benzene rings is 2. The second-order valence-electron chi connectivity index (χ2n) is 8.38. The number of halogens is 1. The van der Waals surface area contributed by atoms with E-state index in [1.807, 2.05) is 36.4 Å². The Morgan fingerprint density at radius 3 is 2.17 bits per heavy atom. The van der Waals surface area contributed by atoms with Crippen LogP contribution < -0.4 is 0 Å². The predicted octanol–water partition coefficient (Wildman–Crippen LogP) is 6.04. The van der Waals surface area contributed by atoms with Gasteiger partial charge in [0.15, 0.2) is 0 Å². The van der Waals surface area contributed by atoms with Gasteiger partial charge in [0.25, 0.3) is 0 Å². The Bertz CT molecular complexity index is 796. The number of hydrogen-bond donors (Lipinski definition) is 1. The third-order valence-electron chi connectivity index (χ3n) is 7.43. The van der Waals surface area contributed by atoms with Crippen molar-refractivity contribution in [2.75, 3.05) is 0 Å². The first-order chi connectivity index (χ1) is 11.3. The zero-order valence-electron chi connectivity index (χ0n) is 14.6. The number of aliphatic hydroxyl groups is 1.